The van der Waals surface area contributed by atoms with Crippen LogP contribution in [-0.2, 0) is 11.3 Å². The molecule has 29 heavy (non-hydrogen) atoms. The van der Waals surface area contributed by atoms with Gasteiger partial charge in [0.25, 0.3) is 0 Å². The zero-order chi connectivity index (χ0) is 20.8. The van der Waals surface area contributed by atoms with E-state index in [1.807, 2.05) is 29.7 Å². The van der Waals surface area contributed by atoms with E-state index in [0.717, 1.165) is 5.56 Å². The minimum absolute atomic E-state index is 0.175. The number of nitrogens with zero attached hydrogens (tertiary/aromatic N) is 4. The number of hydrogen-bond donors (Lipinski definition) is 1. The zero-order valence-corrected chi connectivity index (χ0v) is 17.8. The van der Waals surface area contributed by atoms with Crippen LogP contribution in [0, 0.1) is 0 Å². The van der Waals surface area contributed by atoms with Crippen LogP contribution < -0.4 is 14.8 Å². The van der Waals surface area contributed by atoms with Crippen LogP contribution in [0.15, 0.2) is 41.7 Å². The summed E-state index contributed by atoms with van der Waals surface area (Å²) in [6, 6.07) is 8.88. The molecule has 2 heterocycles. The molecular formula is C19H20ClN5O3S. The Morgan fingerprint density at radius 3 is 2.62 bits per heavy atom. The van der Waals surface area contributed by atoms with Gasteiger partial charge < -0.3 is 19.4 Å². The summed E-state index contributed by atoms with van der Waals surface area (Å²) >= 11 is 7.10. The minimum atomic E-state index is -0.192. The number of nitrogens with one attached hydrogen (secondary N) is 1. The fourth-order valence-electron chi connectivity index (χ4n) is 2.63. The molecule has 8 nitrogen and oxygen atoms in total. The standard InChI is InChI=1S/C19H20ClN5O3S/c1-4-25-18(12-5-7-14(27-2)15(9-12)28-3)23-24-19(25)29-11-17(26)22-16-8-6-13(20)10-21-16/h5-10H,4,11H2,1-3H3,(H,21,22,26). The van der Waals surface area contributed by atoms with E-state index in [9.17, 15) is 4.79 Å². The van der Waals surface area contributed by atoms with E-state index in [1.54, 1.807) is 26.4 Å². The number of benzene rings is 1. The highest BCUT2D eigenvalue weighted by atomic mass is 35.5. The highest BCUT2D eigenvalue weighted by Crippen LogP contribution is 2.32. The van der Waals surface area contributed by atoms with Gasteiger partial charge in [-0.3, -0.25) is 4.79 Å². The monoisotopic (exact) mass is 433 g/mol. The molecular weight excluding hydrogens is 414 g/mol. The molecule has 1 N–H and O–H groups in total. The molecule has 10 heteroatoms. The average molecular weight is 434 g/mol. The van der Waals surface area contributed by atoms with E-state index >= 15 is 0 Å². The number of rotatable bonds is 8. The number of hydrogen-bond acceptors (Lipinski definition) is 7. The lowest BCUT2D eigenvalue weighted by Gasteiger charge is -2.11. The molecule has 152 valence electrons. The normalized spacial score (nSPS) is 10.6. The van der Waals surface area contributed by atoms with Crippen molar-refractivity contribution in [3.8, 4) is 22.9 Å². The van der Waals surface area contributed by atoms with Gasteiger partial charge in [0.1, 0.15) is 5.82 Å². The van der Waals surface area contributed by atoms with Gasteiger partial charge in [-0.15, -0.1) is 10.2 Å². The molecule has 0 saturated heterocycles. The van der Waals surface area contributed by atoms with Crippen molar-refractivity contribution in [2.75, 3.05) is 25.3 Å². The van der Waals surface area contributed by atoms with Gasteiger partial charge in [-0.1, -0.05) is 23.4 Å². The number of ether oxygens (including phenoxy) is 2. The Labute approximate surface area is 177 Å². The first-order chi connectivity index (χ1) is 14.0. The van der Waals surface area contributed by atoms with E-state index in [0.29, 0.717) is 39.9 Å². The molecule has 1 aromatic carbocycles. The van der Waals surface area contributed by atoms with Crippen molar-refractivity contribution in [3.05, 3.63) is 41.6 Å². The van der Waals surface area contributed by atoms with Crippen molar-refractivity contribution >= 4 is 35.1 Å². The molecule has 0 fully saturated rings. The Kier molecular flexibility index (Phi) is 6.95. The molecule has 0 atom stereocenters. The number of thioether (sulfide) groups is 1. The van der Waals surface area contributed by atoms with Gasteiger partial charge in [0.05, 0.1) is 25.0 Å². The van der Waals surface area contributed by atoms with Crippen LogP contribution in [0.2, 0.25) is 5.02 Å². The molecule has 0 spiro atoms. The molecule has 0 aliphatic carbocycles. The van der Waals surface area contributed by atoms with Gasteiger partial charge in [0, 0.05) is 18.3 Å². The number of methoxy groups -OCH3 is 2. The Balaban J connectivity index is 1.72. The number of aromatic nitrogens is 4. The quantitative estimate of drug-likeness (QED) is 0.540. The highest BCUT2D eigenvalue weighted by molar-refractivity contribution is 7.99. The van der Waals surface area contributed by atoms with Crippen molar-refractivity contribution in [2.24, 2.45) is 0 Å². The van der Waals surface area contributed by atoms with E-state index in [-0.39, 0.29) is 11.7 Å². The van der Waals surface area contributed by atoms with Gasteiger partial charge in [0.15, 0.2) is 22.5 Å². The van der Waals surface area contributed by atoms with Crippen LogP contribution in [0.25, 0.3) is 11.4 Å². The number of amides is 1. The van der Waals surface area contributed by atoms with Crippen LogP contribution in [0.1, 0.15) is 6.92 Å². The van der Waals surface area contributed by atoms with Gasteiger partial charge in [-0.25, -0.2) is 4.98 Å². The second kappa shape index (κ2) is 9.62. The molecule has 0 saturated carbocycles. The molecule has 0 aliphatic heterocycles. The number of halogens is 1. The third-order valence-electron chi connectivity index (χ3n) is 4.00. The number of anilines is 1. The van der Waals surface area contributed by atoms with E-state index in [1.165, 1.54) is 18.0 Å². The lowest BCUT2D eigenvalue weighted by molar-refractivity contribution is -0.113. The van der Waals surface area contributed by atoms with Crippen molar-refractivity contribution in [3.63, 3.8) is 0 Å². The lowest BCUT2D eigenvalue weighted by atomic mass is 10.2. The molecule has 3 aromatic rings. The second-order valence-electron chi connectivity index (χ2n) is 5.82. The van der Waals surface area contributed by atoms with E-state index in [2.05, 4.69) is 20.5 Å². The molecule has 1 amide bonds. The maximum absolute atomic E-state index is 12.2. The predicted octanol–water partition coefficient (Wildman–Crippen LogP) is 3.76. The van der Waals surface area contributed by atoms with Crippen LogP contribution in [0.3, 0.4) is 0 Å². The summed E-state index contributed by atoms with van der Waals surface area (Å²) in [5, 5.41) is 12.4. The number of carbonyl (C=O) groups excluding carboxylic acids is 1. The number of carbonyl (C=O) groups is 1. The summed E-state index contributed by atoms with van der Waals surface area (Å²) in [6.45, 7) is 2.65. The molecule has 0 unspecified atom stereocenters. The largest absolute Gasteiger partial charge is 0.493 e. The van der Waals surface area contributed by atoms with Gasteiger partial charge in [-0.05, 0) is 37.3 Å². The van der Waals surface area contributed by atoms with Crippen molar-refractivity contribution in [1.29, 1.82) is 0 Å². The van der Waals surface area contributed by atoms with Crippen LogP contribution >= 0.6 is 23.4 Å². The fraction of sp³-hybridized carbons (Fsp3) is 0.263. The smallest absolute Gasteiger partial charge is 0.236 e. The van der Waals surface area contributed by atoms with Crippen LogP contribution in [-0.4, -0.2) is 45.6 Å². The number of pyridine rings is 1. The third-order valence-corrected chi connectivity index (χ3v) is 5.19. The summed E-state index contributed by atoms with van der Waals surface area (Å²) < 4.78 is 12.6. The van der Waals surface area contributed by atoms with Crippen molar-refractivity contribution in [1.82, 2.24) is 19.7 Å². The van der Waals surface area contributed by atoms with Crippen LogP contribution in [0.5, 0.6) is 11.5 Å². The lowest BCUT2D eigenvalue weighted by Crippen LogP contribution is -2.15. The molecule has 3 rings (SSSR count). The van der Waals surface area contributed by atoms with Crippen molar-refractivity contribution < 1.29 is 14.3 Å². The van der Waals surface area contributed by atoms with Crippen molar-refractivity contribution in [2.45, 2.75) is 18.6 Å². The third kappa shape index (κ3) is 4.99. The van der Waals surface area contributed by atoms with Gasteiger partial charge >= 0.3 is 0 Å². The summed E-state index contributed by atoms with van der Waals surface area (Å²) in [5.74, 6) is 2.37. The van der Waals surface area contributed by atoms with E-state index < -0.39 is 0 Å². The summed E-state index contributed by atoms with van der Waals surface area (Å²) in [5.41, 5.74) is 0.846. The minimum Gasteiger partial charge on any atom is -0.493 e. The Bertz CT molecular complexity index is 994. The first-order valence-corrected chi connectivity index (χ1v) is 10.1. The SMILES string of the molecule is CCn1c(SCC(=O)Nc2ccc(Cl)cn2)nnc1-c1ccc(OC)c(OC)c1. The van der Waals surface area contributed by atoms with Gasteiger partial charge in [-0.2, -0.15) is 0 Å². The van der Waals surface area contributed by atoms with Gasteiger partial charge in [0.2, 0.25) is 5.91 Å². The van der Waals surface area contributed by atoms with E-state index in [4.69, 9.17) is 21.1 Å². The Morgan fingerprint density at radius 1 is 1.17 bits per heavy atom. The molecule has 0 bridgehead atoms. The summed E-state index contributed by atoms with van der Waals surface area (Å²) in [4.78, 5) is 16.3. The summed E-state index contributed by atoms with van der Waals surface area (Å²) in [7, 11) is 3.17. The predicted molar refractivity (Wildman–Crippen MR) is 113 cm³/mol. The maximum Gasteiger partial charge on any atom is 0.236 e. The Morgan fingerprint density at radius 2 is 1.97 bits per heavy atom. The average Bonchev–Trinajstić information content (AvgIpc) is 3.16. The first kappa shape index (κ1) is 20.9. The summed E-state index contributed by atoms with van der Waals surface area (Å²) in [6.07, 6.45) is 1.48. The Hall–Kier alpha value is -2.78. The zero-order valence-electron chi connectivity index (χ0n) is 16.2. The topological polar surface area (TPSA) is 91.2 Å². The maximum atomic E-state index is 12.2. The fourth-order valence-corrected chi connectivity index (χ4v) is 3.54. The highest BCUT2D eigenvalue weighted by Gasteiger charge is 2.16. The molecule has 0 radical (unpaired) electrons. The molecule has 2 aromatic heterocycles. The second-order valence-corrected chi connectivity index (χ2v) is 7.20. The first-order valence-electron chi connectivity index (χ1n) is 8.75. The molecule has 0 aliphatic rings. The van der Waals surface area contributed by atoms with Crippen LogP contribution in [0.4, 0.5) is 5.82 Å².